The molecule has 0 atom stereocenters. The van der Waals surface area contributed by atoms with Gasteiger partial charge in [-0.05, 0) is 30.3 Å². The van der Waals surface area contributed by atoms with Crippen molar-refractivity contribution < 1.29 is 22.7 Å². The first-order valence-corrected chi connectivity index (χ1v) is 9.88. The molecule has 9 heteroatoms. The van der Waals surface area contributed by atoms with E-state index in [1.165, 1.54) is 29.5 Å². The third-order valence-electron chi connectivity index (χ3n) is 4.43. The fourth-order valence-corrected chi connectivity index (χ4v) is 3.87. The van der Waals surface area contributed by atoms with Gasteiger partial charge in [0.1, 0.15) is 11.6 Å². The van der Waals surface area contributed by atoms with Gasteiger partial charge in [-0.2, -0.15) is 8.78 Å². The number of amides is 1. The van der Waals surface area contributed by atoms with Gasteiger partial charge in [-0.1, -0.05) is 18.2 Å². The van der Waals surface area contributed by atoms with Crippen LogP contribution in [0.3, 0.4) is 0 Å². The highest BCUT2D eigenvalue weighted by atomic mass is 32.1. The minimum atomic E-state index is -2.93. The van der Waals surface area contributed by atoms with Crippen LogP contribution in [0, 0.1) is 5.82 Å². The van der Waals surface area contributed by atoms with Crippen molar-refractivity contribution in [1.29, 1.82) is 0 Å². The van der Waals surface area contributed by atoms with Crippen LogP contribution < -0.4 is 10.1 Å². The van der Waals surface area contributed by atoms with E-state index in [0.717, 1.165) is 11.3 Å². The van der Waals surface area contributed by atoms with E-state index in [1.807, 2.05) is 9.78 Å². The number of benzene rings is 2. The second-order valence-corrected chi connectivity index (χ2v) is 7.29. The number of aromatic nitrogens is 2. The number of fused-ring (bicyclic) bond motifs is 1. The van der Waals surface area contributed by atoms with E-state index in [-0.39, 0.29) is 30.4 Å². The van der Waals surface area contributed by atoms with Gasteiger partial charge < -0.3 is 10.1 Å². The molecule has 0 aliphatic heterocycles. The lowest BCUT2D eigenvalue weighted by Gasteiger charge is -2.11. The normalized spacial score (nSPS) is 11.2. The van der Waals surface area contributed by atoms with E-state index in [9.17, 15) is 18.0 Å². The van der Waals surface area contributed by atoms with Crippen molar-refractivity contribution in [2.24, 2.45) is 0 Å². The highest BCUT2D eigenvalue weighted by molar-refractivity contribution is 7.15. The van der Waals surface area contributed by atoms with Crippen LogP contribution in [0.5, 0.6) is 5.75 Å². The lowest BCUT2D eigenvalue weighted by atomic mass is 10.2. The standard InChI is InChI=1S/C21H16F3N3O2S/c22-15-7-5-13(6-8-15)17-11-27-16(12-30-21(27)26-17)9-19(28)25-10-14-3-1-2-4-18(14)29-20(23)24/h1-8,11-12,20H,9-10H2,(H,25,28). The maximum absolute atomic E-state index is 13.1. The molecule has 4 rings (SSSR count). The van der Waals surface area contributed by atoms with Gasteiger partial charge in [-0.25, -0.2) is 9.37 Å². The van der Waals surface area contributed by atoms with E-state index in [2.05, 4.69) is 15.0 Å². The van der Waals surface area contributed by atoms with Gasteiger partial charge in [0.25, 0.3) is 0 Å². The lowest BCUT2D eigenvalue weighted by molar-refractivity contribution is -0.120. The zero-order valence-corrected chi connectivity index (χ0v) is 16.3. The molecule has 0 bridgehead atoms. The van der Waals surface area contributed by atoms with Crippen molar-refractivity contribution in [3.05, 3.63) is 77.2 Å². The molecular weight excluding hydrogens is 415 g/mol. The van der Waals surface area contributed by atoms with Crippen LogP contribution in [-0.2, 0) is 17.8 Å². The summed E-state index contributed by atoms with van der Waals surface area (Å²) < 4.78 is 44.4. The van der Waals surface area contributed by atoms with Crippen LogP contribution in [0.4, 0.5) is 13.2 Å². The fraction of sp³-hybridized carbons (Fsp3) is 0.143. The molecule has 1 amide bonds. The van der Waals surface area contributed by atoms with Crippen molar-refractivity contribution in [3.8, 4) is 17.0 Å². The Hall–Kier alpha value is -3.33. The van der Waals surface area contributed by atoms with E-state index >= 15 is 0 Å². The smallest absolute Gasteiger partial charge is 0.387 e. The number of carbonyl (C=O) groups is 1. The zero-order chi connectivity index (χ0) is 21.1. The number of hydrogen-bond donors (Lipinski definition) is 1. The molecular formula is C21H16F3N3O2S. The van der Waals surface area contributed by atoms with Crippen molar-refractivity contribution >= 4 is 22.2 Å². The summed E-state index contributed by atoms with van der Waals surface area (Å²) in [6.45, 7) is -2.86. The molecule has 0 aliphatic rings. The maximum atomic E-state index is 13.1. The van der Waals surface area contributed by atoms with Crippen molar-refractivity contribution in [2.75, 3.05) is 0 Å². The van der Waals surface area contributed by atoms with Crippen molar-refractivity contribution in [1.82, 2.24) is 14.7 Å². The van der Waals surface area contributed by atoms with Crippen LogP contribution in [0.1, 0.15) is 11.3 Å². The highest BCUT2D eigenvalue weighted by Crippen LogP contribution is 2.24. The number of halogens is 3. The number of hydrogen-bond acceptors (Lipinski definition) is 4. The van der Waals surface area contributed by atoms with Gasteiger partial charge in [-0.3, -0.25) is 9.20 Å². The summed E-state index contributed by atoms with van der Waals surface area (Å²) in [4.78, 5) is 17.6. The molecule has 1 N–H and O–H groups in total. The largest absolute Gasteiger partial charge is 0.434 e. The van der Waals surface area contributed by atoms with E-state index in [0.29, 0.717) is 16.2 Å². The monoisotopic (exact) mass is 431 g/mol. The van der Waals surface area contributed by atoms with E-state index in [4.69, 9.17) is 0 Å². The first-order valence-electron chi connectivity index (χ1n) is 9.00. The average Bonchev–Trinajstić information content (AvgIpc) is 3.29. The summed E-state index contributed by atoms with van der Waals surface area (Å²) in [7, 11) is 0. The molecule has 0 saturated heterocycles. The van der Waals surface area contributed by atoms with Crippen LogP contribution >= 0.6 is 11.3 Å². The minimum absolute atomic E-state index is 0.0317. The van der Waals surface area contributed by atoms with Crippen molar-refractivity contribution in [2.45, 2.75) is 19.6 Å². The quantitative estimate of drug-likeness (QED) is 0.463. The SMILES string of the molecule is O=C(Cc1csc2nc(-c3ccc(F)cc3)cn12)NCc1ccccc1OC(F)F. The Balaban J connectivity index is 1.44. The number of rotatable bonds is 7. The number of nitrogens with zero attached hydrogens (tertiary/aromatic N) is 2. The van der Waals surface area contributed by atoms with Crippen LogP contribution in [0.15, 0.2) is 60.1 Å². The molecule has 0 spiro atoms. The molecule has 0 unspecified atom stereocenters. The van der Waals surface area contributed by atoms with Gasteiger partial charge in [0.15, 0.2) is 4.96 Å². The zero-order valence-electron chi connectivity index (χ0n) is 15.5. The molecule has 30 heavy (non-hydrogen) atoms. The van der Waals surface area contributed by atoms with Gasteiger partial charge >= 0.3 is 6.61 Å². The van der Waals surface area contributed by atoms with E-state index in [1.54, 1.807) is 36.5 Å². The number of ether oxygens (including phenoxy) is 1. The van der Waals surface area contributed by atoms with Crippen LogP contribution in [-0.4, -0.2) is 21.9 Å². The Bertz CT molecular complexity index is 1170. The first kappa shape index (κ1) is 20.0. The van der Waals surface area contributed by atoms with Gasteiger partial charge in [0.05, 0.1) is 12.1 Å². The molecule has 2 aromatic heterocycles. The average molecular weight is 431 g/mol. The summed E-state index contributed by atoms with van der Waals surface area (Å²) in [5, 5.41) is 4.56. The molecule has 2 heterocycles. The van der Waals surface area contributed by atoms with Gasteiger partial charge in [0, 0.05) is 34.9 Å². The Morgan fingerprint density at radius 3 is 2.70 bits per heavy atom. The summed E-state index contributed by atoms with van der Waals surface area (Å²) in [6.07, 6.45) is 1.89. The first-order chi connectivity index (χ1) is 14.5. The number of carbonyl (C=O) groups excluding carboxylic acids is 1. The number of thiazole rings is 1. The third-order valence-corrected chi connectivity index (χ3v) is 5.32. The summed E-state index contributed by atoms with van der Waals surface area (Å²) in [6, 6.07) is 12.3. The van der Waals surface area contributed by atoms with Gasteiger partial charge in [-0.15, -0.1) is 11.3 Å². The number of imidazole rings is 1. The Kier molecular flexibility index (Phi) is 5.71. The molecule has 4 aromatic rings. The predicted octanol–water partition coefficient (Wildman–Crippen LogP) is 4.66. The summed E-state index contributed by atoms with van der Waals surface area (Å²) in [5.41, 5.74) is 2.66. The molecule has 0 aliphatic carbocycles. The van der Waals surface area contributed by atoms with Crippen molar-refractivity contribution in [3.63, 3.8) is 0 Å². The number of nitrogens with one attached hydrogen (secondary N) is 1. The molecule has 5 nitrogen and oxygen atoms in total. The summed E-state index contributed by atoms with van der Waals surface area (Å²) in [5.74, 6) is -0.555. The van der Waals surface area contributed by atoms with Crippen LogP contribution in [0.2, 0.25) is 0 Å². The Morgan fingerprint density at radius 2 is 1.93 bits per heavy atom. The molecule has 2 aromatic carbocycles. The highest BCUT2D eigenvalue weighted by Gasteiger charge is 2.14. The predicted molar refractivity (Wildman–Crippen MR) is 107 cm³/mol. The second-order valence-electron chi connectivity index (χ2n) is 6.45. The maximum Gasteiger partial charge on any atom is 0.387 e. The molecule has 0 fully saturated rings. The molecule has 0 saturated carbocycles. The third kappa shape index (κ3) is 4.46. The summed E-state index contributed by atoms with van der Waals surface area (Å²) >= 11 is 1.39. The number of alkyl halides is 2. The molecule has 0 radical (unpaired) electrons. The lowest BCUT2D eigenvalue weighted by Crippen LogP contribution is -2.25. The second kappa shape index (κ2) is 8.58. The topological polar surface area (TPSA) is 55.6 Å². The Morgan fingerprint density at radius 1 is 1.17 bits per heavy atom. The fourth-order valence-electron chi connectivity index (χ4n) is 3.00. The van der Waals surface area contributed by atoms with E-state index < -0.39 is 6.61 Å². The molecule has 154 valence electrons. The minimum Gasteiger partial charge on any atom is -0.434 e. The number of para-hydroxylation sites is 1. The van der Waals surface area contributed by atoms with Crippen LogP contribution in [0.25, 0.3) is 16.2 Å². The Labute approximate surface area is 173 Å². The van der Waals surface area contributed by atoms with Gasteiger partial charge in [0.2, 0.25) is 5.91 Å².